The summed E-state index contributed by atoms with van der Waals surface area (Å²) in [6.07, 6.45) is 2.76. The summed E-state index contributed by atoms with van der Waals surface area (Å²) in [7, 11) is 0.804. The first-order valence-corrected chi connectivity index (χ1v) is 24.2. The van der Waals surface area contributed by atoms with Gasteiger partial charge in [0.05, 0.1) is 57.3 Å². The maximum Gasteiger partial charge on any atom is 0.407 e. The molecule has 15 heteroatoms. The Bertz CT molecular complexity index is 2590. The van der Waals surface area contributed by atoms with E-state index >= 15 is 0 Å². The molecule has 4 aromatic carbocycles. The van der Waals surface area contributed by atoms with Gasteiger partial charge in [0.1, 0.15) is 23.7 Å². The van der Waals surface area contributed by atoms with Gasteiger partial charge in [0, 0.05) is 18.1 Å². The van der Waals surface area contributed by atoms with Gasteiger partial charge in [-0.1, -0.05) is 99.7 Å². The molecule has 316 valence electrons. The average Bonchev–Trinajstić information content (AvgIpc) is 4.10. The number of amides is 4. The van der Waals surface area contributed by atoms with Crippen LogP contribution in [0.1, 0.15) is 62.0 Å². The van der Waals surface area contributed by atoms with Crippen molar-refractivity contribution in [2.75, 3.05) is 26.9 Å². The molecule has 2 aliphatic heterocycles. The van der Waals surface area contributed by atoms with Gasteiger partial charge in [-0.05, 0) is 64.6 Å². The number of benzene rings is 4. The summed E-state index contributed by atoms with van der Waals surface area (Å²) in [5.41, 5.74) is 6.37. The number of aromatic nitrogens is 4. The second-order valence-corrected chi connectivity index (χ2v) is 22.2. The normalized spacial score (nSPS) is 18.3. The Morgan fingerprint density at radius 1 is 0.787 bits per heavy atom. The van der Waals surface area contributed by atoms with Crippen molar-refractivity contribution in [1.29, 1.82) is 0 Å². The van der Waals surface area contributed by atoms with Gasteiger partial charge in [0.2, 0.25) is 5.91 Å². The van der Waals surface area contributed by atoms with Crippen LogP contribution in [-0.2, 0) is 19.1 Å². The molecule has 2 saturated heterocycles. The SMILES string of the molecule is COC(=O)N[C@H](C(=O)N1C[Si](C)(C)C[C@H]1c1nc2ccc3cc(-c4ccc(-c5cnc([C@@H]6CCCN6C(=O)[C@H](NC(=O)OC)c6ccccc6)[nH]5)cc4)ccc3c2[nH]1)C(C)C. The minimum atomic E-state index is -1.78. The molecule has 6 aromatic rings. The van der Waals surface area contributed by atoms with Crippen molar-refractivity contribution in [2.24, 2.45) is 5.92 Å². The summed E-state index contributed by atoms with van der Waals surface area (Å²) >= 11 is 0. The van der Waals surface area contributed by atoms with Crippen molar-refractivity contribution < 1.29 is 28.7 Å². The van der Waals surface area contributed by atoms with Crippen molar-refractivity contribution in [3.8, 4) is 22.4 Å². The summed E-state index contributed by atoms with van der Waals surface area (Å²) in [5.74, 6) is 1.01. The van der Waals surface area contributed by atoms with Crippen LogP contribution in [0, 0.1) is 5.92 Å². The van der Waals surface area contributed by atoms with Gasteiger partial charge in [-0.2, -0.15) is 0 Å². The number of aromatic amines is 2. The highest BCUT2D eigenvalue weighted by atomic mass is 28.3. The zero-order valence-electron chi connectivity index (χ0n) is 35.3. The molecule has 0 unspecified atom stereocenters. The Labute approximate surface area is 355 Å². The molecule has 0 bridgehead atoms. The highest BCUT2D eigenvalue weighted by molar-refractivity contribution is 6.78. The zero-order valence-corrected chi connectivity index (χ0v) is 36.3. The minimum Gasteiger partial charge on any atom is -0.453 e. The minimum absolute atomic E-state index is 0.117. The number of nitrogens with one attached hydrogen (secondary N) is 4. The third-order valence-electron chi connectivity index (χ3n) is 12.0. The highest BCUT2D eigenvalue weighted by Gasteiger charge is 2.46. The number of fused-ring (bicyclic) bond motifs is 3. The van der Waals surface area contributed by atoms with Crippen molar-refractivity contribution in [3.63, 3.8) is 0 Å². The fourth-order valence-corrected chi connectivity index (χ4v) is 11.8. The number of rotatable bonds is 10. The largest absolute Gasteiger partial charge is 0.453 e. The first-order chi connectivity index (χ1) is 29.3. The van der Waals surface area contributed by atoms with E-state index in [-0.39, 0.29) is 29.8 Å². The van der Waals surface area contributed by atoms with Crippen LogP contribution in [0.15, 0.2) is 91.1 Å². The molecule has 2 fully saturated rings. The highest BCUT2D eigenvalue weighted by Crippen LogP contribution is 2.40. The van der Waals surface area contributed by atoms with Crippen LogP contribution in [0.3, 0.4) is 0 Å². The molecule has 14 nitrogen and oxygen atoms in total. The molecule has 4 heterocycles. The van der Waals surface area contributed by atoms with Crippen LogP contribution in [0.4, 0.5) is 9.59 Å². The predicted octanol–water partition coefficient (Wildman–Crippen LogP) is 8.05. The van der Waals surface area contributed by atoms with E-state index in [2.05, 4.69) is 82.2 Å². The van der Waals surface area contributed by atoms with Crippen molar-refractivity contribution in [1.82, 2.24) is 40.4 Å². The summed E-state index contributed by atoms with van der Waals surface area (Å²) in [5, 5.41) is 7.57. The molecule has 0 aliphatic carbocycles. The average molecular weight is 841 g/mol. The number of alkyl carbamates (subject to hydrolysis) is 2. The van der Waals surface area contributed by atoms with Crippen LogP contribution >= 0.6 is 0 Å². The lowest BCUT2D eigenvalue weighted by Crippen LogP contribution is -2.52. The number of ether oxygens (including phenoxy) is 2. The fraction of sp³-hybridized carbons (Fsp3) is 0.348. The fourth-order valence-electron chi connectivity index (χ4n) is 8.87. The van der Waals surface area contributed by atoms with Crippen LogP contribution in [0.5, 0.6) is 0 Å². The maximum atomic E-state index is 14.0. The molecule has 2 aromatic heterocycles. The Hall–Kier alpha value is -6.48. The van der Waals surface area contributed by atoms with Crippen molar-refractivity contribution in [3.05, 3.63) is 108 Å². The van der Waals surface area contributed by atoms with E-state index < -0.39 is 32.3 Å². The number of H-pyrrole nitrogens is 2. The summed E-state index contributed by atoms with van der Waals surface area (Å²) in [4.78, 5) is 72.9. The summed E-state index contributed by atoms with van der Waals surface area (Å²) in [6.45, 7) is 8.97. The Morgan fingerprint density at radius 3 is 2.21 bits per heavy atom. The lowest BCUT2D eigenvalue weighted by Gasteiger charge is -2.30. The zero-order chi connectivity index (χ0) is 43.0. The van der Waals surface area contributed by atoms with E-state index in [4.69, 9.17) is 19.4 Å². The van der Waals surface area contributed by atoms with Gasteiger partial charge < -0.3 is 39.9 Å². The predicted molar refractivity (Wildman–Crippen MR) is 236 cm³/mol. The Balaban J connectivity index is 0.999. The second kappa shape index (κ2) is 16.9. The lowest BCUT2D eigenvalue weighted by atomic mass is 9.99. The third kappa shape index (κ3) is 8.34. The number of hydrogen-bond donors (Lipinski definition) is 4. The van der Waals surface area contributed by atoms with Crippen LogP contribution in [-0.4, -0.2) is 94.8 Å². The number of carbonyl (C=O) groups excluding carboxylic acids is 4. The number of methoxy groups -OCH3 is 2. The van der Waals surface area contributed by atoms with Crippen molar-refractivity contribution >= 4 is 53.9 Å². The van der Waals surface area contributed by atoms with Crippen molar-refractivity contribution in [2.45, 2.75) is 70.0 Å². The Kier molecular flexibility index (Phi) is 11.4. The molecule has 61 heavy (non-hydrogen) atoms. The monoisotopic (exact) mass is 840 g/mol. The number of nitrogens with zero attached hydrogens (tertiary/aromatic N) is 4. The molecule has 4 atom stereocenters. The van der Waals surface area contributed by atoms with Crippen LogP contribution < -0.4 is 10.6 Å². The van der Waals surface area contributed by atoms with E-state index in [1.807, 2.05) is 55.1 Å². The number of carbonyl (C=O) groups is 4. The van der Waals surface area contributed by atoms with Gasteiger partial charge in [-0.3, -0.25) is 9.59 Å². The van der Waals surface area contributed by atoms with Gasteiger partial charge in [-0.25, -0.2) is 19.6 Å². The molecule has 4 amide bonds. The van der Waals surface area contributed by atoms with E-state index in [0.29, 0.717) is 24.1 Å². The van der Waals surface area contributed by atoms with Gasteiger partial charge >= 0.3 is 12.2 Å². The number of likely N-dealkylation sites (tertiary alicyclic amines) is 1. The molecule has 4 N–H and O–H groups in total. The summed E-state index contributed by atoms with van der Waals surface area (Å²) in [6, 6.07) is 26.8. The first kappa shape index (κ1) is 41.3. The molecular formula is C46H52N8O6Si. The van der Waals surface area contributed by atoms with Gasteiger partial charge in [-0.15, -0.1) is 0 Å². The van der Waals surface area contributed by atoms with E-state index in [1.54, 1.807) is 11.1 Å². The molecule has 0 saturated carbocycles. The molecule has 0 radical (unpaired) electrons. The first-order valence-electron chi connectivity index (χ1n) is 20.8. The van der Waals surface area contributed by atoms with E-state index in [1.165, 1.54) is 14.2 Å². The number of hydrogen-bond acceptors (Lipinski definition) is 8. The smallest absolute Gasteiger partial charge is 0.407 e. The Morgan fingerprint density at radius 2 is 1.49 bits per heavy atom. The quantitative estimate of drug-likeness (QED) is 0.100. The molecular weight excluding hydrogens is 789 g/mol. The van der Waals surface area contributed by atoms with E-state index in [9.17, 15) is 19.2 Å². The second-order valence-electron chi connectivity index (χ2n) is 17.2. The lowest BCUT2D eigenvalue weighted by molar-refractivity contribution is -0.135. The summed E-state index contributed by atoms with van der Waals surface area (Å²) < 4.78 is 9.67. The number of imidazole rings is 2. The van der Waals surface area contributed by atoms with Gasteiger partial charge in [0.25, 0.3) is 5.91 Å². The molecule has 0 spiro atoms. The molecule has 8 rings (SSSR count). The standard InChI is InChI=1S/C46H52N8O6Si/c1-27(2)38(51-45(57)59-3)43(55)54-26-61(5,6)25-37(54)42-48-34-21-19-32-23-31(18-20-33(32)40(34)50-42)28-14-16-29(17-15-28)35-24-47-41(49-35)36-13-10-22-53(36)44(56)39(52-46(58)60-4)30-11-8-7-9-12-30/h7-9,11-12,14-21,23-24,27,36-39H,10,13,22,25-26H2,1-6H3,(H,47,49)(H,48,50)(H,51,57)(H,52,58)/t36-,37-,38-,39+/m0/s1. The van der Waals surface area contributed by atoms with Crippen LogP contribution in [0.2, 0.25) is 19.1 Å². The third-order valence-corrected chi connectivity index (χ3v) is 14.7. The maximum absolute atomic E-state index is 14.0. The topological polar surface area (TPSA) is 175 Å². The van der Waals surface area contributed by atoms with Crippen LogP contribution in [0.25, 0.3) is 44.2 Å². The molecule has 2 aliphatic rings. The van der Waals surface area contributed by atoms with E-state index in [0.717, 1.165) is 68.9 Å². The van der Waals surface area contributed by atoms with Gasteiger partial charge in [0.15, 0.2) is 0 Å².